The highest BCUT2D eigenvalue weighted by molar-refractivity contribution is 5.98. The summed E-state index contributed by atoms with van der Waals surface area (Å²) in [5.41, 5.74) is 3.45. The Morgan fingerprint density at radius 3 is 1.23 bits per heavy atom. The number of likely N-dealkylation sites (N-methyl/N-ethyl adjacent to an activating group) is 2. The summed E-state index contributed by atoms with van der Waals surface area (Å²) in [6, 6.07) is 23.5. The van der Waals surface area contributed by atoms with Gasteiger partial charge in [0.05, 0.1) is 47.7 Å². The minimum absolute atomic E-state index is 0.0401. The molecule has 0 unspecified atom stereocenters. The van der Waals surface area contributed by atoms with Crippen LogP contribution in [0.1, 0.15) is 136 Å². The normalized spacial score (nSPS) is 18.7. The first-order chi connectivity index (χ1) is 41.7. The van der Waals surface area contributed by atoms with Crippen molar-refractivity contribution in [1.29, 1.82) is 0 Å². The SMILES string of the molecule is CN[C@@H](C)C(=O)N[C@H](C(=O)N1CCC[C@@H]1CN(CCc1ccccc1)C(=O)CNC(=O)c1ccc(-c2ccc(C(=O)NCC(=O)N(CCc3ccccc3)C[C@@H]3CCCN3C(=O)[C@@H](NC(=O)[C@H](C)NC)C3CCCCC3)cn2)nc1)C1CCCCC1. The summed E-state index contributed by atoms with van der Waals surface area (Å²) < 4.78 is 0. The van der Waals surface area contributed by atoms with Gasteiger partial charge in [-0.2, -0.15) is 0 Å². The van der Waals surface area contributed by atoms with Crippen LogP contribution in [-0.2, 0) is 41.6 Å². The lowest BCUT2D eigenvalue weighted by atomic mass is 9.83. The van der Waals surface area contributed by atoms with Crippen molar-refractivity contribution >= 4 is 47.3 Å². The number of nitrogens with one attached hydrogen (secondary N) is 6. The van der Waals surface area contributed by atoms with E-state index in [9.17, 15) is 38.4 Å². The lowest BCUT2D eigenvalue weighted by Crippen LogP contribution is -2.57. The molecular formula is C66H90N12O8. The highest BCUT2D eigenvalue weighted by Gasteiger charge is 2.41. The van der Waals surface area contributed by atoms with Crippen LogP contribution >= 0.6 is 0 Å². The van der Waals surface area contributed by atoms with Crippen molar-refractivity contribution in [3.63, 3.8) is 0 Å². The average molecular weight is 1180 g/mol. The van der Waals surface area contributed by atoms with E-state index in [1.807, 2.05) is 70.5 Å². The molecule has 2 saturated carbocycles. The number of pyridine rings is 2. The zero-order valence-electron chi connectivity index (χ0n) is 50.8. The van der Waals surface area contributed by atoms with Gasteiger partial charge in [0.25, 0.3) is 11.8 Å². The summed E-state index contributed by atoms with van der Waals surface area (Å²) >= 11 is 0. The molecule has 2 aromatic carbocycles. The minimum atomic E-state index is -0.644. The quantitative estimate of drug-likeness (QED) is 0.0458. The molecule has 4 aliphatic rings. The van der Waals surface area contributed by atoms with E-state index in [1.165, 1.54) is 12.4 Å². The van der Waals surface area contributed by atoms with Crippen LogP contribution in [0.4, 0.5) is 0 Å². The zero-order chi connectivity index (χ0) is 61.0. The highest BCUT2D eigenvalue weighted by atomic mass is 16.2. The lowest BCUT2D eigenvalue weighted by molar-refractivity contribution is -0.141. The number of likely N-dealkylation sites (tertiary alicyclic amines) is 2. The van der Waals surface area contributed by atoms with Gasteiger partial charge in [-0.3, -0.25) is 48.3 Å². The van der Waals surface area contributed by atoms with Crippen molar-refractivity contribution in [2.75, 3.05) is 66.5 Å². The maximum atomic E-state index is 14.5. The number of aromatic nitrogens is 2. The number of rotatable bonds is 27. The molecule has 2 aliphatic heterocycles. The van der Waals surface area contributed by atoms with E-state index in [-0.39, 0.29) is 96.7 Å². The number of nitrogens with zero attached hydrogens (tertiary/aromatic N) is 6. The molecule has 0 bridgehead atoms. The Hall–Kier alpha value is -7.58. The molecule has 4 aromatic rings. The second-order valence-corrected chi connectivity index (χ2v) is 23.8. The molecule has 20 nitrogen and oxygen atoms in total. The van der Waals surface area contributed by atoms with Crippen molar-refractivity contribution in [3.8, 4) is 11.4 Å². The predicted octanol–water partition coefficient (Wildman–Crippen LogP) is 5.07. The van der Waals surface area contributed by atoms with Crippen molar-refractivity contribution in [2.24, 2.45) is 11.8 Å². The molecule has 0 radical (unpaired) electrons. The van der Waals surface area contributed by atoms with Crippen LogP contribution in [0.25, 0.3) is 11.4 Å². The average Bonchev–Trinajstić information content (AvgIpc) is 3.06. The summed E-state index contributed by atoms with van der Waals surface area (Å²) in [4.78, 5) is 127. The molecule has 0 spiro atoms. The first-order valence-corrected chi connectivity index (χ1v) is 31.4. The van der Waals surface area contributed by atoms with Crippen LogP contribution in [0.2, 0.25) is 0 Å². The van der Waals surface area contributed by atoms with Gasteiger partial charge in [0.1, 0.15) is 12.1 Å². The molecule has 8 rings (SSSR count). The predicted molar refractivity (Wildman–Crippen MR) is 329 cm³/mol. The summed E-state index contributed by atoms with van der Waals surface area (Å²) in [5, 5.41) is 17.7. The van der Waals surface area contributed by atoms with Crippen LogP contribution in [0, 0.1) is 11.8 Å². The van der Waals surface area contributed by atoms with E-state index in [2.05, 4.69) is 41.9 Å². The minimum Gasteiger partial charge on any atom is -0.343 e. The van der Waals surface area contributed by atoms with Crippen molar-refractivity contribution in [2.45, 2.75) is 153 Å². The Balaban J connectivity index is 0.863. The number of hydrogen-bond donors (Lipinski definition) is 6. The van der Waals surface area contributed by atoms with Crippen molar-refractivity contribution < 1.29 is 38.4 Å². The van der Waals surface area contributed by atoms with Gasteiger partial charge >= 0.3 is 0 Å². The molecule has 2 saturated heterocycles. The monoisotopic (exact) mass is 1180 g/mol. The standard InChI is InChI=1S/C66H90N12O8/c1-45(67-3)61(81)73-59(49-23-13-7-14-24-49)65(85)77-35-17-27-53(77)43-75(37-33-47-19-9-5-10-20-47)57(79)41-71-63(83)51-29-31-55(69-39-51)56-32-30-52(40-70-56)64(84)72-42-58(80)76(38-34-48-21-11-6-12-22-48)44-54-28-18-36-78(54)66(86)60(50-25-15-8-16-26-50)74-62(82)46(2)68-4/h5-6,9-12,19-22,29-32,39-40,45-46,49-50,53-54,59-60,67-68H,7-8,13-18,23-28,33-38,41-44H2,1-4H3,(H,71,83)(H,72,84)(H,73,81)(H,74,82)/t45-,46-,53-,54+,59-,60-/m0/s1. The van der Waals surface area contributed by atoms with E-state index in [0.29, 0.717) is 63.3 Å². The summed E-state index contributed by atoms with van der Waals surface area (Å²) in [6.07, 6.45) is 16.7. The molecule has 86 heavy (non-hydrogen) atoms. The fourth-order valence-electron chi connectivity index (χ4n) is 12.6. The van der Waals surface area contributed by atoms with Crippen molar-refractivity contribution in [3.05, 3.63) is 120 Å². The van der Waals surface area contributed by atoms with Gasteiger partial charge in [-0.1, -0.05) is 99.2 Å². The third-order valence-electron chi connectivity index (χ3n) is 18.1. The first kappa shape index (κ1) is 64.4. The number of carbonyl (C=O) groups excluding carboxylic acids is 8. The molecule has 20 heteroatoms. The molecule has 6 atom stereocenters. The summed E-state index contributed by atoms with van der Waals surface area (Å²) in [5.74, 6) is -2.12. The third-order valence-corrected chi connectivity index (χ3v) is 18.1. The van der Waals surface area contributed by atoms with Crippen LogP contribution in [-0.4, -0.2) is 180 Å². The fraction of sp³-hybridized carbons (Fsp3) is 0.545. The number of amides is 8. The maximum absolute atomic E-state index is 14.5. The maximum Gasteiger partial charge on any atom is 0.253 e. The largest absolute Gasteiger partial charge is 0.343 e. The second-order valence-electron chi connectivity index (χ2n) is 23.8. The Kier molecular flexibility index (Phi) is 24.2. The van der Waals surface area contributed by atoms with E-state index in [4.69, 9.17) is 0 Å². The third kappa shape index (κ3) is 17.8. The van der Waals surface area contributed by atoms with Crippen LogP contribution in [0.15, 0.2) is 97.3 Å². The van der Waals surface area contributed by atoms with Crippen LogP contribution in [0.3, 0.4) is 0 Å². The Morgan fingerprint density at radius 2 is 0.884 bits per heavy atom. The highest BCUT2D eigenvalue weighted by Crippen LogP contribution is 2.32. The van der Waals surface area contributed by atoms with E-state index < -0.39 is 36.0 Å². The van der Waals surface area contributed by atoms with Crippen LogP contribution < -0.4 is 31.9 Å². The number of carbonyl (C=O) groups is 8. The second kappa shape index (κ2) is 32.2. The number of benzene rings is 2. The zero-order valence-corrected chi connectivity index (χ0v) is 50.8. The van der Waals surface area contributed by atoms with E-state index in [0.717, 1.165) is 88.2 Å². The molecular weight excluding hydrogens is 1090 g/mol. The molecule has 2 aliphatic carbocycles. The molecule has 4 heterocycles. The lowest BCUT2D eigenvalue weighted by Gasteiger charge is -2.37. The van der Waals surface area contributed by atoms with Gasteiger partial charge in [-0.15, -0.1) is 0 Å². The summed E-state index contributed by atoms with van der Waals surface area (Å²) in [7, 11) is 3.44. The van der Waals surface area contributed by atoms with Crippen molar-refractivity contribution in [1.82, 2.24) is 61.5 Å². The van der Waals surface area contributed by atoms with Gasteiger partial charge < -0.3 is 51.5 Å². The molecule has 2 aromatic heterocycles. The Bertz CT molecular complexity index is 2690. The molecule has 6 N–H and O–H groups in total. The molecule has 462 valence electrons. The molecule has 4 fully saturated rings. The van der Waals surface area contributed by atoms with E-state index in [1.54, 1.807) is 62.0 Å². The number of hydrogen-bond acceptors (Lipinski definition) is 12. The summed E-state index contributed by atoms with van der Waals surface area (Å²) in [6.45, 7) is 5.39. The van der Waals surface area contributed by atoms with Crippen LogP contribution in [0.5, 0.6) is 0 Å². The topological polar surface area (TPSA) is 247 Å². The molecule has 8 amide bonds. The Labute approximate surface area is 507 Å². The Morgan fingerprint density at radius 1 is 0.500 bits per heavy atom. The van der Waals surface area contributed by atoms with E-state index >= 15 is 0 Å². The fourth-order valence-corrected chi connectivity index (χ4v) is 12.6. The van der Waals surface area contributed by atoms with Gasteiger partial charge in [0, 0.05) is 63.7 Å². The van der Waals surface area contributed by atoms with Gasteiger partial charge in [-0.05, 0) is 139 Å². The van der Waals surface area contributed by atoms with Gasteiger partial charge in [-0.25, -0.2) is 0 Å². The smallest absolute Gasteiger partial charge is 0.253 e. The first-order valence-electron chi connectivity index (χ1n) is 31.4. The van der Waals surface area contributed by atoms with Gasteiger partial charge in [0.2, 0.25) is 35.4 Å². The van der Waals surface area contributed by atoms with Gasteiger partial charge in [0.15, 0.2) is 0 Å².